The summed E-state index contributed by atoms with van der Waals surface area (Å²) in [6.07, 6.45) is -4.28. The highest BCUT2D eigenvalue weighted by molar-refractivity contribution is 5.26. The third-order valence-electron chi connectivity index (χ3n) is 2.03. The van der Waals surface area contributed by atoms with E-state index < -0.39 is 11.7 Å². The molecule has 1 rings (SSSR count). The van der Waals surface area contributed by atoms with Crippen molar-refractivity contribution in [1.29, 1.82) is 0 Å². The molecular formula is C10H12F3NO. The van der Waals surface area contributed by atoms with Crippen LogP contribution < -0.4 is 5.48 Å². The molecule has 0 heterocycles. The van der Waals surface area contributed by atoms with E-state index in [2.05, 4.69) is 10.3 Å². The average Bonchev–Trinajstić information content (AvgIpc) is 2.17. The second-order valence-electron chi connectivity index (χ2n) is 3.16. The highest BCUT2D eigenvalue weighted by Crippen LogP contribution is 2.29. The van der Waals surface area contributed by atoms with Crippen LogP contribution in [0.5, 0.6) is 0 Å². The molecule has 0 fully saturated rings. The number of alkyl halides is 3. The number of benzene rings is 1. The maximum absolute atomic E-state index is 12.2. The summed E-state index contributed by atoms with van der Waals surface area (Å²) in [5, 5.41) is 0. The van der Waals surface area contributed by atoms with Crippen LogP contribution in [0, 0.1) is 0 Å². The fourth-order valence-corrected chi connectivity index (χ4v) is 1.21. The molecular weight excluding hydrogens is 207 g/mol. The Morgan fingerprint density at radius 1 is 1.20 bits per heavy atom. The van der Waals surface area contributed by atoms with Gasteiger partial charge in [0.15, 0.2) is 0 Å². The van der Waals surface area contributed by atoms with Crippen molar-refractivity contribution in [3.8, 4) is 0 Å². The van der Waals surface area contributed by atoms with Gasteiger partial charge in [0.25, 0.3) is 0 Å². The predicted octanol–water partition coefficient (Wildman–Crippen LogP) is 2.92. The summed E-state index contributed by atoms with van der Waals surface area (Å²) >= 11 is 0. The number of rotatable bonds is 3. The van der Waals surface area contributed by atoms with Crippen LogP contribution in [-0.4, -0.2) is 7.11 Å². The molecule has 0 saturated heterocycles. The molecule has 0 spiro atoms. The Morgan fingerprint density at radius 3 is 2.13 bits per heavy atom. The lowest BCUT2D eigenvalue weighted by molar-refractivity contribution is -0.137. The minimum Gasteiger partial charge on any atom is -0.305 e. The van der Waals surface area contributed by atoms with Gasteiger partial charge in [0.1, 0.15) is 0 Å². The molecule has 0 aliphatic carbocycles. The summed E-state index contributed by atoms with van der Waals surface area (Å²) in [5.41, 5.74) is 2.74. The summed E-state index contributed by atoms with van der Waals surface area (Å²) in [5.74, 6) is 0. The molecule has 1 aromatic carbocycles. The lowest BCUT2D eigenvalue weighted by Crippen LogP contribution is -2.17. The van der Waals surface area contributed by atoms with Crippen molar-refractivity contribution in [2.75, 3.05) is 7.11 Å². The maximum atomic E-state index is 12.2. The minimum absolute atomic E-state index is 0.141. The highest BCUT2D eigenvalue weighted by Gasteiger charge is 2.30. The predicted molar refractivity (Wildman–Crippen MR) is 50.0 cm³/mol. The van der Waals surface area contributed by atoms with E-state index in [0.29, 0.717) is 0 Å². The quantitative estimate of drug-likeness (QED) is 0.789. The lowest BCUT2D eigenvalue weighted by Gasteiger charge is -2.13. The summed E-state index contributed by atoms with van der Waals surface area (Å²) < 4.78 is 36.7. The van der Waals surface area contributed by atoms with Gasteiger partial charge in [-0.05, 0) is 24.6 Å². The van der Waals surface area contributed by atoms with Gasteiger partial charge in [-0.3, -0.25) is 0 Å². The zero-order chi connectivity index (χ0) is 11.5. The number of nitrogens with one attached hydrogen (secondary N) is 1. The fraction of sp³-hybridized carbons (Fsp3) is 0.400. The first-order valence-electron chi connectivity index (χ1n) is 4.41. The molecule has 1 unspecified atom stereocenters. The van der Waals surface area contributed by atoms with Crippen LogP contribution in [0.15, 0.2) is 24.3 Å². The van der Waals surface area contributed by atoms with Gasteiger partial charge >= 0.3 is 6.18 Å². The normalized spacial score (nSPS) is 13.9. The van der Waals surface area contributed by atoms with E-state index in [1.54, 1.807) is 6.92 Å². The Bertz CT molecular complexity index is 307. The highest BCUT2D eigenvalue weighted by atomic mass is 19.4. The van der Waals surface area contributed by atoms with Crippen LogP contribution in [0.3, 0.4) is 0 Å². The van der Waals surface area contributed by atoms with Crippen molar-refractivity contribution in [2.24, 2.45) is 0 Å². The second kappa shape index (κ2) is 4.63. The molecule has 0 bridgehead atoms. The molecule has 0 aromatic heterocycles. The third kappa shape index (κ3) is 3.21. The molecule has 0 radical (unpaired) electrons. The first kappa shape index (κ1) is 12.0. The maximum Gasteiger partial charge on any atom is 0.416 e. The number of halogens is 3. The van der Waals surface area contributed by atoms with E-state index in [-0.39, 0.29) is 6.04 Å². The van der Waals surface area contributed by atoms with Gasteiger partial charge in [0.2, 0.25) is 0 Å². The van der Waals surface area contributed by atoms with Crippen LogP contribution in [0.1, 0.15) is 24.1 Å². The van der Waals surface area contributed by atoms with E-state index in [4.69, 9.17) is 0 Å². The molecule has 84 valence electrons. The van der Waals surface area contributed by atoms with Crippen LogP contribution in [0.2, 0.25) is 0 Å². The van der Waals surface area contributed by atoms with E-state index in [9.17, 15) is 13.2 Å². The van der Waals surface area contributed by atoms with Gasteiger partial charge in [-0.2, -0.15) is 18.7 Å². The molecule has 0 aliphatic heterocycles. The molecule has 1 N–H and O–H groups in total. The van der Waals surface area contributed by atoms with Crippen LogP contribution in [0.25, 0.3) is 0 Å². The Labute approximate surface area is 86.0 Å². The van der Waals surface area contributed by atoms with Crippen molar-refractivity contribution in [1.82, 2.24) is 5.48 Å². The molecule has 0 saturated carbocycles. The molecule has 1 atom stereocenters. The molecule has 0 aliphatic rings. The Hall–Kier alpha value is -1.07. The van der Waals surface area contributed by atoms with Crippen molar-refractivity contribution < 1.29 is 18.0 Å². The first-order chi connectivity index (χ1) is 6.95. The standard InChI is InChI=1S/C10H12F3NO/c1-7(14-15-2)8-3-5-9(6-4-8)10(11,12)13/h3-7,14H,1-2H3. The van der Waals surface area contributed by atoms with Crippen LogP contribution in [0.4, 0.5) is 13.2 Å². The molecule has 1 aromatic rings. The lowest BCUT2D eigenvalue weighted by atomic mass is 10.1. The van der Waals surface area contributed by atoms with Gasteiger partial charge in [0.05, 0.1) is 18.7 Å². The number of hydrogen-bond acceptors (Lipinski definition) is 2. The van der Waals surface area contributed by atoms with E-state index >= 15 is 0 Å². The number of hydrogen-bond donors (Lipinski definition) is 1. The Balaban J connectivity index is 2.81. The van der Waals surface area contributed by atoms with Gasteiger partial charge in [0, 0.05) is 0 Å². The third-order valence-corrected chi connectivity index (χ3v) is 2.03. The second-order valence-corrected chi connectivity index (χ2v) is 3.16. The molecule has 5 heteroatoms. The Kier molecular flexibility index (Phi) is 3.71. The minimum atomic E-state index is -4.28. The SMILES string of the molecule is CONC(C)c1ccc(C(F)(F)F)cc1. The van der Waals surface area contributed by atoms with E-state index in [0.717, 1.165) is 17.7 Å². The summed E-state index contributed by atoms with van der Waals surface area (Å²) in [6.45, 7) is 1.80. The number of hydroxylamine groups is 1. The summed E-state index contributed by atoms with van der Waals surface area (Å²) in [6, 6.07) is 4.84. The largest absolute Gasteiger partial charge is 0.416 e. The monoisotopic (exact) mass is 219 g/mol. The van der Waals surface area contributed by atoms with Crippen LogP contribution in [-0.2, 0) is 11.0 Å². The van der Waals surface area contributed by atoms with Gasteiger partial charge in [-0.1, -0.05) is 12.1 Å². The summed E-state index contributed by atoms with van der Waals surface area (Å²) in [4.78, 5) is 4.68. The first-order valence-corrected chi connectivity index (χ1v) is 4.41. The zero-order valence-electron chi connectivity index (χ0n) is 8.43. The summed E-state index contributed by atoms with van der Waals surface area (Å²) in [7, 11) is 1.46. The van der Waals surface area contributed by atoms with Crippen molar-refractivity contribution in [2.45, 2.75) is 19.1 Å². The van der Waals surface area contributed by atoms with Crippen molar-refractivity contribution >= 4 is 0 Å². The molecule has 0 amide bonds. The van der Waals surface area contributed by atoms with E-state index in [1.165, 1.54) is 19.2 Å². The topological polar surface area (TPSA) is 21.3 Å². The van der Waals surface area contributed by atoms with Crippen molar-refractivity contribution in [3.05, 3.63) is 35.4 Å². The van der Waals surface area contributed by atoms with Crippen LogP contribution >= 0.6 is 0 Å². The van der Waals surface area contributed by atoms with Gasteiger partial charge < -0.3 is 4.84 Å². The molecule has 15 heavy (non-hydrogen) atoms. The Morgan fingerprint density at radius 2 is 1.73 bits per heavy atom. The average molecular weight is 219 g/mol. The van der Waals surface area contributed by atoms with Crippen molar-refractivity contribution in [3.63, 3.8) is 0 Å². The van der Waals surface area contributed by atoms with Gasteiger partial charge in [-0.15, -0.1) is 0 Å². The smallest absolute Gasteiger partial charge is 0.305 e. The molecule has 2 nitrogen and oxygen atoms in total. The van der Waals surface area contributed by atoms with E-state index in [1.807, 2.05) is 0 Å². The fourth-order valence-electron chi connectivity index (χ4n) is 1.21. The van der Waals surface area contributed by atoms with Gasteiger partial charge in [-0.25, -0.2) is 0 Å². The zero-order valence-corrected chi connectivity index (χ0v) is 8.43.